The van der Waals surface area contributed by atoms with E-state index in [1.807, 2.05) is 0 Å². The van der Waals surface area contributed by atoms with Crippen molar-refractivity contribution in [3.05, 3.63) is 45.0 Å². The first-order valence-corrected chi connectivity index (χ1v) is 9.05. The number of halogens is 2. The molecule has 0 radical (unpaired) electrons. The summed E-state index contributed by atoms with van der Waals surface area (Å²) in [6.45, 7) is 1.76. The predicted molar refractivity (Wildman–Crippen MR) is 101 cm³/mol. The lowest BCUT2D eigenvalue weighted by atomic mass is 9.91. The molecule has 1 aliphatic carbocycles. The molecule has 2 aliphatic rings. The standard InChI is InChI=1S/C19H13Cl2NO6/c1-2-28-19(27)13(21)8-9-7-10(3-5-12(9)20)22-17(25)11-4-6-14(23)16(24)15(11)18(22)26/h3,5,7-8H,2,4,6H2,1H3/b13-8-. The van der Waals surface area contributed by atoms with Crippen molar-refractivity contribution in [3.8, 4) is 0 Å². The van der Waals surface area contributed by atoms with Gasteiger partial charge in [0.25, 0.3) is 11.8 Å². The van der Waals surface area contributed by atoms with Crippen LogP contribution in [-0.4, -0.2) is 36.0 Å². The van der Waals surface area contributed by atoms with Gasteiger partial charge in [-0.25, -0.2) is 9.69 Å². The molecular weight excluding hydrogens is 409 g/mol. The third-order valence-electron chi connectivity index (χ3n) is 4.25. The molecule has 0 aromatic heterocycles. The van der Waals surface area contributed by atoms with Crippen LogP contribution in [0.1, 0.15) is 25.3 Å². The number of imide groups is 1. The molecule has 0 spiro atoms. The highest BCUT2D eigenvalue weighted by atomic mass is 35.5. The molecule has 0 unspecified atom stereocenters. The number of carbonyl (C=O) groups is 5. The van der Waals surface area contributed by atoms with Crippen LogP contribution in [0, 0.1) is 0 Å². The van der Waals surface area contributed by atoms with Gasteiger partial charge in [0.1, 0.15) is 10.6 Å². The number of Topliss-reactive ketones (excluding diaryl/α,β-unsaturated/α-hetero) is 2. The number of ketones is 2. The third kappa shape index (κ3) is 3.39. The number of rotatable bonds is 4. The summed E-state index contributed by atoms with van der Waals surface area (Å²) in [7, 11) is 0. The van der Waals surface area contributed by atoms with Crippen LogP contribution < -0.4 is 4.90 Å². The van der Waals surface area contributed by atoms with E-state index >= 15 is 0 Å². The van der Waals surface area contributed by atoms with Gasteiger partial charge in [-0.2, -0.15) is 0 Å². The van der Waals surface area contributed by atoms with Gasteiger partial charge in [-0.1, -0.05) is 23.2 Å². The first kappa shape index (κ1) is 20.0. The van der Waals surface area contributed by atoms with E-state index in [0.717, 1.165) is 4.90 Å². The fourth-order valence-electron chi connectivity index (χ4n) is 2.94. The number of ether oxygens (including phenoxy) is 1. The molecule has 7 nitrogen and oxygen atoms in total. The molecule has 0 fully saturated rings. The average Bonchev–Trinajstić information content (AvgIpc) is 2.91. The Morgan fingerprint density at radius 1 is 1.18 bits per heavy atom. The van der Waals surface area contributed by atoms with Crippen molar-refractivity contribution in [2.24, 2.45) is 0 Å². The fourth-order valence-corrected chi connectivity index (χ4v) is 3.29. The maximum atomic E-state index is 12.6. The predicted octanol–water partition coefficient (Wildman–Crippen LogP) is 2.58. The zero-order chi connectivity index (χ0) is 20.6. The van der Waals surface area contributed by atoms with Crippen LogP contribution in [0.5, 0.6) is 0 Å². The highest BCUT2D eigenvalue weighted by molar-refractivity contribution is 6.56. The molecule has 1 aliphatic heterocycles. The Kier molecular flexibility index (Phi) is 5.49. The molecule has 2 amide bonds. The van der Waals surface area contributed by atoms with E-state index in [9.17, 15) is 24.0 Å². The second kappa shape index (κ2) is 7.69. The van der Waals surface area contributed by atoms with Crippen LogP contribution in [0.4, 0.5) is 5.69 Å². The monoisotopic (exact) mass is 421 g/mol. The molecule has 28 heavy (non-hydrogen) atoms. The fraction of sp³-hybridized carbons (Fsp3) is 0.211. The number of carbonyl (C=O) groups excluding carboxylic acids is 5. The van der Waals surface area contributed by atoms with Crippen molar-refractivity contribution >= 4 is 64.3 Å². The van der Waals surface area contributed by atoms with Crippen LogP contribution in [0.2, 0.25) is 5.02 Å². The quantitative estimate of drug-likeness (QED) is 0.243. The van der Waals surface area contributed by atoms with Gasteiger partial charge in [-0.15, -0.1) is 0 Å². The highest BCUT2D eigenvalue weighted by Crippen LogP contribution is 2.35. The molecular formula is C19H13Cl2NO6. The summed E-state index contributed by atoms with van der Waals surface area (Å²) in [4.78, 5) is 61.4. The van der Waals surface area contributed by atoms with Gasteiger partial charge in [0.2, 0.25) is 11.6 Å². The zero-order valence-electron chi connectivity index (χ0n) is 14.6. The number of hydrogen-bond acceptors (Lipinski definition) is 6. The van der Waals surface area contributed by atoms with Gasteiger partial charge in [0.05, 0.1) is 12.3 Å². The summed E-state index contributed by atoms with van der Waals surface area (Å²) in [5.41, 5.74) is 0.0581. The van der Waals surface area contributed by atoms with Crippen LogP contribution >= 0.6 is 23.2 Å². The maximum Gasteiger partial charge on any atom is 0.349 e. The molecule has 1 aromatic rings. The summed E-state index contributed by atoms with van der Waals surface area (Å²) in [6.07, 6.45) is 1.18. The van der Waals surface area contributed by atoms with Crippen molar-refractivity contribution in [1.29, 1.82) is 0 Å². The molecule has 0 saturated carbocycles. The van der Waals surface area contributed by atoms with E-state index in [1.54, 1.807) is 6.92 Å². The lowest BCUT2D eigenvalue weighted by Crippen LogP contribution is -2.33. The summed E-state index contributed by atoms with van der Waals surface area (Å²) in [5, 5.41) is -0.0209. The summed E-state index contributed by atoms with van der Waals surface area (Å²) < 4.78 is 4.79. The van der Waals surface area contributed by atoms with E-state index in [2.05, 4.69) is 0 Å². The smallest absolute Gasteiger partial charge is 0.349 e. The highest BCUT2D eigenvalue weighted by Gasteiger charge is 2.46. The Morgan fingerprint density at radius 3 is 2.57 bits per heavy atom. The molecule has 1 aromatic carbocycles. The van der Waals surface area contributed by atoms with Gasteiger partial charge in [0.15, 0.2) is 0 Å². The number of anilines is 1. The Bertz CT molecular complexity index is 1010. The lowest BCUT2D eigenvalue weighted by Gasteiger charge is -2.16. The van der Waals surface area contributed by atoms with Crippen LogP contribution in [0.3, 0.4) is 0 Å². The molecule has 9 heteroatoms. The molecule has 0 N–H and O–H groups in total. The number of hydrogen-bond donors (Lipinski definition) is 0. The van der Waals surface area contributed by atoms with E-state index in [4.69, 9.17) is 27.9 Å². The number of nitrogens with zero attached hydrogens (tertiary/aromatic N) is 1. The van der Waals surface area contributed by atoms with Crippen molar-refractivity contribution < 1.29 is 28.7 Å². The molecule has 0 bridgehead atoms. The van der Waals surface area contributed by atoms with Gasteiger partial charge >= 0.3 is 5.97 Å². The number of amides is 2. The van der Waals surface area contributed by atoms with E-state index in [1.165, 1.54) is 24.3 Å². The van der Waals surface area contributed by atoms with Crippen LogP contribution in [0.15, 0.2) is 34.4 Å². The van der Waals surface area contributed by atoms with E-state index in [0.29, 0.717) is 0 Å². The Hall–Kier alpha value is -2.77. The van der Waals surface area contributed by atoms with Gasteiger partial charge in [-0.05, 0) is 43.2 Å². The topological polar surface area (TPSA) is 97.8 Å². The van der Waals surface area contributed by atoms with Gasteiger partial charge < -0.3 is 4.74 Å². The van der Waals surface area contributed by atoms with Crippen molar-refractivity contribution in [3.63, 3.8) is 0 Å². The SMILES string of the molecule is CCOC(=O)/C(Cl)=C/c1cc(N2C(=O)C3=C(C(=O)C(=O)CC3)C2=O)ccc1Cl. The molecule has 0 atom stereocenters. The van der Waals surface area contributed by atoms with Crippen LogP contribution in [0.25, 0.3) is 6.08 Å². The number of benzene rings is 1. The Balaban J connectivity index is 1.98. The molecule has 0 saturated heterocycles. The van der Waals surface area contributed by atoms with Gasteiger partial charge in [0, 0.05) is 17.0 Å². The Morgan fingerprint density at radius 2 is 1.89 bits per heavy atom. The lowest BCUT2D eigenvalue weighted by molar-refractivity contribution is -0.137. The van der Waals surface area contributed by atoms with E-state index < -0.39 is 29.4 Å². The largest absolute Gasteiger partial charge is 0.462 e. The normalized spacial score (nSPS) is 17.4. The summed E-state index contributed by atoms with van der Waals surface area (Å²) in [5.74, 6) is -3.90. The Labute approximate surface area is 169 Å². The first-order valence-electron chi connectivity index (χ1n) is 8.29. The molecule has 144 valence electrons. The van der Waals surface area contributed by atoms with Crippen LogP contribution in [-0.2, 0) is 28.7 Å². The molecule has 3 rings (SSSR count). The van der Waals surface area contributed by atoms with Gasteiger partial charge in [-0.3, -0.25) is 19.2 Å². The van der Waals surface area contributed by atoms with E-state index in [-0.39, 0.29) is 51.9 Å². The first-order chi connectivity index (χ1) is 13.3. The summed E-state index contributed by atoms with van der Waals surface area (Å²) in [6, 6.07) is 4.21. The van der Waals surface area contributed by atoms with Crippen molar-refractivity contribution in [1.82, 2.24) is 0 Å². The summed E-state index contributed by atoms with van der Waals surface area (Å²) >= 11 is 12.0. The minimum atomic E-state index is -0.943. The third-order valence-corrected chi connectivity index (χ3v) is 4.86. The minimum Gasteiger partial charge on any atom is -0.462 e. The second-order valence-corrected chi connectivity index (χ2v) is 6.78. The van der Waals surface area contributed by atoms with Crippen molar-refractivity contribution in [2.45, 2.75) is 19.8 Å². The number of esters is 1. The maximum absolute atomic E-state index is 12.6. The zero-order valence-corrected chi connectivity index (χ0v) is 16.1. The second-order valence-electron chi connectivity index (χ2n) is 5.97. The molecule has 1 heterocycles. The average molecular weight is 422 g/mol. The van der Waals surface area contributed by atoms with Crippen molar-refractivity contribution in [2.75, 3.05) is 11.5 Å². The minimum absolute atomic E-state index is 0.0335.